The fraction of sp³-hybridized carbons (Fsp3) is 0.526. The number of urea groups is 1. The van der Waals surface area contributed by atoms with Crippen molar-refractivity contribution in [3.05, 3.63) is 18.2 Å². The SMILES string of the molecule is O=C(CN1C(=O)NC2(CCCCCC2)C1=O)Nc1ccc2c(c1)OCCO2. The van der Waals surface area contributed by atoms with Crippen molar-refractivity contribution in [2.75, 3.05) is 25.1 Å². The van der Waals surface area contributed by atoms with Gasteiger partial charge in [-0.3, -0.25) is 14.5 Å². The van der Waals surface area contributed by atoms with Crippen molar-refractivity contribution in [3.8, 4) is 11.5 Å². The van der Waals surface area contributed by atoms with E-state index in [1.54, 1.807) is 18.2 Å². The summed E-state index contributed by atoms with van der Waals surface area (Å²) in [7, 11) is 0. The predicted octanol–water partition coefficient (Wildman–Crippen LogP) is 2.04. The molecule has 4 amide bonds. The average molecular weight is 373 g/mol. The fourth-order valence-corrected chi connectivity index (χ4v) is 3.96. The van der Waals surface area contributed by atoms with Crippen molar-refractivity contribution in [3.63, 3.8) is 0 Å². The number of rotatable bonds is 3. The minimum Gasteiger partial charge on any atom is -0.486 e. The number of anilines is 1. The average Bonchev–Trinajstić information content (AvgIpc) is 2.83. The molecule has 1 aromatic rings. The lowest BCUT2D eigenvalue weighted by molar-refractivity contribution is -0.134. The van der Waals surface area contributed by atoms with Crippen molar-refractivity contribution in [1.82, 2.24) is 10.2 Å². The Balaban J connectivity index is 1.42. The first-order valence-electron chi connectivity index (χ1n) is 9.41. The molecular weight excluding hydrogens is 350 g/mol. The van der Waals surface area contributed by atoms with Gasteiger partial charge in [0.2, 0.25) is 5.91 Å². The van der Waals surface area contributed by atoms with E-state index in [1.165, 1.54) is 0 Å². The number of hydrogen-bond acceptors (Lipinski definition) is 5. The molecule has 0 atom stereocenters. The first-order valence-corrected chi connectivity index (χ1v) is 9.41. The van der Waals surface area contributed by atoms with Gasteiger partial charge in [-0.1, -0.05) is 25.7 Å². The molecule has 2 aliphatic heterocycles. The molecule has 8 nitrogen and oxygen atoms in total. The second-order valence-corrected chi connectivity index (χ2v) is 7.22. The highest BCUT2D eigenvalue weighted by atomic mass is 16.6. The summed E-state index contributed by atoms with van der Waals surface area (Å²) in [6.45, 7) is 0.641. The molecule has 2 heterocycles. The van der Waals surface area contributed by atoms with Gasteiger partial charge in [-0.15, -0.1) is 0 Å². The number of ether oxygens (including phenoxy) is 2. The number of nitrogens with zero attached hydrogens (tertiary/aromatic N) is 1. The smallest absolute Gasteiger partial charge is 0.325 e. The number of fused-ring (bicyclic) bond motifs is 1. The molecule has 1 saturated carbocycles. The van der Waals surface area contributed by atoms with Crippen molar-refractivity contribution >= 4 is 23.5 Å². The van der Waals surface area contributed by atoms with E-state index in [1.807, 2.05) is 0 Å². The van der Waals surface area contributed by atoms with Crippen LogP contribution >= 0.6 is 0 Å². The highest BCUT2D eigenvalue weighted by Gasteiger charge is 2.51. The van der Waals surface area contributed by atoms with Crippen LogP contribution in [0.4, 0.5) is 10.5 Å². The summed E-state index contributed by atoms with van der Waals surface area (Å²) in [6, 6.07) is 4.60. The van der Waals surface area contributed by atoms with Gasteiger partial charge in [0.15, 0.2) is 11.5 Å². The van der Waals surface area contributed by atoms with Crippen LogP contribution in [0.15, 0.2) is 18.2 Å². The molecule has 1 aromatic carbocycles. The minimum atomic E-state index is -0.829. The summed E-state index contributed by atoms with van der Waals surface area (Å²) in [6.07, 6.45) is 5.22. The van der Waals surface area contributed by atoms with Crippen LogP contribution in [-0.2, 0) is 9.59 Å². The quantitative estimate of drug-likeness (QED) is 0.791. The Kier molecular flexibility index (Phi) is 4.63. The summed E-state index contributed by atoms with van der Waals surface area (Å²) >= 11 is 0. The molecule has 0 unspecified atom stereocenters. The van der Waals surface area contributed by atoms with Gasteiger partial charge in [0.25, 0.3) is 5.91 Å². The lowest BCUT2D eigenvalue weighted by Gasteiger charge is -2.24. The number of imide groups is 1. The van der Waals surface area contributed by atoms with Gasteiger partial charge in [-0.05, 0) is 25.0 Å². The number of carbonyl (C=O) groups excluding carboxylic acids is 3. The third kappa shape index (κ3) is 3.43. The number of carbonyl (C=O) groups is 3. The van der Waals surface area contributed by atoms with E-state index in [0.29, 0.717) is 43.2 Å². The van der Waals surface area contributed by atoms with Crippen LogP contribution in [0, 0.1) is 0 Å². The van der Waals surface area contributed by atoms with E-state index in [2.05, 4.69) is 10.6 Å². The number of nitrogens with one attached hydrogen (secondary N) is 2. The number of hydrogen-bond donors (Lipinski definition) is 2. The fourth-order valence-electron chi connectivity index (χ4n) is 3.96. The molecule has 3 aliphatic rings. The molecule has 1 saturated heterocycles. The second kappa shape index (κ2) is 7.09. The molecule has 1 aliphatic carbocycles. The zero-order valence-electron chi connectivity index (χ0n) is 15.1. The first-order chi connectivity index (χ1) is 13.1. The van der Waals surface area contributed by atoms with E-state index in [0.717, 1.165) is 30.6 Å². The summed E-state index contributed by atoms with van der Waals surface area (Å²) in [5.74, 6) is 0.475. The standard InChI is InChI=1S/C19H23N3O5/c23-16(20-13-5-6-14-15(11-13)27-10-9-26-14)12-22-17(24)19(21-18(22)25)7-3-1-2-4-8-19/h5-6,11H,1-4,7-10,12H2,(H,20,23)(H,21,25). The first kappa shape index (κ1) is 17.6. The third-order valence-corrected chi connectivity index (χ3v) is 5.33. The lowest BCUT2D eigenvalue weighted by atomic mass is 9.90. The maximum Gasteiger partial charge on any atom is 0.325 e. The van der Waals surface area contributed by atoms with E-state index < -0.39 is 17.5 Å². The number of benzene rings is 1. The third-order valence-electron chi connectivity index (χ3n) is 5.33. The maximum absolute atomic E-state index is 12.9. The zero-order chi connectivity index (χ0) is 18.9. The van der Waals surface area contributed by atoms with Gasteiger partial charge in [0, 0.05) is 11.8 Å². The van der Waals surface area contributed by atoms with Crippen LogP contribution in [0.2, 0.25) is 0 Å². The maximum atomic E-state index is 12.9. The number of amides is 4. The Labute approximate surface area is 157 Å². The van der Waals surface area contributed by atoms with Crippen LogP contribution in [-0.4, -0.2) is 48.0 Å². The van der Waals surface area contributed by atoms with E-state index in [9.17, 15) is 14.4 Å². The van der Waals surface area contributed by atoms with Gasteiger partial charge in [-0.2, -0.15) is 0 Å². The summed E-state index contributed by atoms with van der Waals surface area (Å²) in [5.41, 5.74) is -0.300. The predicted molar refractivity (Wildman–Crippen MR) is 96.7 cm³/mol. The Morgan fingerprint density at radius 3 is 2.52 bits per heavy atom. The minimum absolute atomic E-state index is 0.285. The molecule has 4 rings (SSSR count). The zero-order valence-corrected chi connectivity index (χ0v) is 15.1. The molecule has 8 heteroatoms. The topological polar surface area (TPSA) is 97.0 Å². The van der Waals surface area contributed by atoms with Crippen molar-refractivity contribution in [2.45, 2.75) is 44.1 Å². The Hall–Kier alpha value is -2.77. The van der Waals surface area contributed by atoms with Gasteiger partial charge in [0.1, 0.15) is 25.3 Å². The summed E-state index contributed by atoms with van der Waals surface area (Å²) in [5, 5.41) is 5.56. The van der Waals surface area contributed by atoms with Crippen LogP contribution in [0.3, 0.4) is 0 Å². The van der Waals surface area contributed by atoms with E-state index >= 15 is 0 Å². The normalized spacial score (nSPS) is 21.0. The molecule has 1 spiro atoms. The molecule has 0 radical (unpaired) electrons. The van der Waals surface area contributed by atoms with Gasteiger partial charge in [0.05, 0.1) is 0 Å². The molecule has 0 aromatic heterocycles. The van der Waals surface area contributed by atoms with Crippen LogP contribution in [0.5, 0.6) is 11.5 Å². The molecular formula is C19H23N3O5. The highest BCUT2D eigenvalue weighted by Crippen LogP contribution is 2.34. The van der Waals surface area contributed by atoms with Gasteiger partial charge in [-0.25, -0.2) is 4.79 Å². The van der Waals surface area contributed by atoms with E-state index in [-0.39, 0.29) is 12.5 Å². The molecule has 27 heavy (non-hydrogen) atoms. The molecule has 0 bridgehead atoms. The van der Waals surface area contributed by atoms with Crippen LogP contribution in [0.25, 0.3) is 0 Å². The Morgan fingerprint density at radius 2 is 1.78 bits per heavy atom. The lowest BCUT2D eigenvalue weighted by Crippen LogP contribution is -2.47. The van der Waals surface area contributed by atoms with Crippen molar-refractivity contribution < 1.29 is 23.9 Å². The van der Waals surface area contributed by atoms with Gasteiger partial charge < -0.3 is 20.1 Å². The van der Waals surface area contributed by atoms with Crippen LogP contribution in [0.1, 0.15) is 38.5 Å². The summed E-state index contributed by atoms with van der Waals surface area (Å²) in [4.78, 5) is 38.6. The Morgan fingerprint density at radius 1 is 1.07 bits per heavy atom. The molecule has 144 valence electrons. The molecule has 2 fully saturated rings. The molecule has 2 N–H and O–H groups in total. The van der Waals surface area contributed by atoms with Crippen molar-refractivity contribution in [1.29, 1.82) is 0 Å². The van der Waals surface area contributed by atoms with Gasteiger partial charge >= 0.3 is 6.03 Å². The second-order valence-electron chi connectivity index (χ2n) is 7.22. The highest BCUT2D eigenvalue weighted by molar-refractivity contribution is 6.10. The summed E-state index contributed by atoms with van der Waals surface area (Å²) < 4.78 is 10.9. The monoisotopic (exact) mass is 373 g/mol. The Bertz CT molecular complexity index is 771. The van der Waals surface area contributed by atoms with E-state index in [4.69, 9.17) is 9.47 Å². The largest absolute Gasteiger partial charge is 0.486 e. The van der Waals surface area contributed by atoms with Crippen LogP contribution < -0.4 is 20.1 Å². The van der Waals surface area contributed by atoms with Crippen molar-refractivity contribution in [2.24, 2.45) is 0 Å².